The summed E-state index contributed by atoms with van der Waals surface area (Å²) in [6.07, 6.45) is 7.81. The van der Waals surface area contributed by atoms with Crippen molar-refractivity contribution in [2.75, 3.05) is 0 Å². The van der Waals surface area contributed by atoms with Crippen LogP contribution < -0.4 is 0 Å². The third-order valence-electron chi connectivity index (χ3n) is 5.56. The topological polar surface area (TPSA) is 55.8 Å². The van der Waals surface area contributed by atoms with Gasteiger partial charge in [0.2, 0.25) is 0 Å². The molecule has 0 saturated carbocycles. The van der Waals surface area contributed by atoms with Crippen LogP contribution in [-0.4, -0.2) is 22.8 Å². The minimum atomic E-state index is -0.848. The first-order chi connectivity index (χ1) is 13.7. The molecule has 4 nitrogen and oxygen atoms in total. The molecule has 1 aliphatic heterocycles. The molecule has 1 fully saturated rings. The zero-order valence-corrected chi connectivity index (χ0v) is 18.5. The molecule has 1 aromatic carbocycles. The van der Waals surface area contributed by atoms with Gasteiger partial charge in [-0.2, -0.15) is 0 Å². The van der Waals surface area contributed by atoms with Gasteiger partial charge in [-0.25, -0.2) is 9.78 Å². The van der Waals surface area contributed by atoms with Crippen LogP contribution in [0.3, 0.4) is 0 Å². The molecule has 160 valence electrons. The molecule has 0 aromatic heterocycles. The van der Waals surface area contributed by atoms with E-state index in [0.29, 0.717) is 5.92 Å². The second-order valence-electron chi connectivity index (χ2n) is 9.09. The quantitative estimate of drug-likeness (QED) is 0.400. The second kappa shape index (κ2) is 10.7. The second-order valence-corrected chi connectivity index (χ2v) is 9.09. The highest BCUT2D eigenvalue weighted by Crippen LogP contribution is 2.37. The highest BCUT2D eigenvalue weighted by molar-refractivity contribution is 5.67. The molecule has 4 unspecified atom stereocenters. The normalized spacial score (nSPS) is 26.9. The van der Waals surface area contributed by atoms with Crippen molar-refractivity contribution < 1.29 is 19.7 Å². The van der Waals surface area contributed by atoms with Gasteiger partial charge in [0.05, 0.1) is 6.42 Å². The van der Waals surface area contributed by atoms with Crippen LogP contribution in [0, 0.1) is 11.8 Å². The van der Waals surface area contributed by atoms with E-state index in [2.05, 4.69) is 64.1 Å². The van der Waals surface area contributed by atoms with Gasteiger partial charge in [0.25, 0.3) is 0 Å². The van der Waals surface area contributed by atoms with E-state index in [0.717, 1.165) is 25.7 Å². The molecule has 1 aliphatic rings. The smallest absolute Gasteiger partial charge is 0.306 e. The van der Waals surface area contributed by atoms with Gasteiger partial charge in [-0.3, -0.25) is 4.79 Å². The summed E-state index contributed by atoms with van der Waals surface area (Å²) in [4.78, 5) is 22.1. The predicted octanol–water partition coefficient (Wildman–Crippen LogP) is 6.13. The highest BCUT2D eigenvalue weighted by atomic mass is 17.2. The van der Waals surface area contributed by atoms with E-state index in [1.807, 2.05) is 13.0 Å². The lowest BCUT2D eigenvalue weighted by Gasteiger charge is -2.41. The largest absolute Gasteiger partial charge is 0.481 e. The van der Waals surface area contributed by atoms with Crippen LogP contribution in [0.15, 0.2) is 53.6 Å². The molecule has 2 rings (SSSR count). The molecule has 1 saturated heterocycles. The fraction of sp³-hybridized carbons (Fsp3) is 0.560. The van der Waals surface area contributed by atoms with Crippen LogP contribution in [0.1, 0.15) is 65.9 Å². The summed E-state index contributed by atoms with van der Waals surface area (Å²) < 4.78 is 0. The molecule has 0 bridgehead atoms. The van der Waals surface area contributed by atoms with Crippen molar-refractivity contribution in [1.82, 2.24) is 0 Å². The molecule has 0 radical (unpaired) electrons. The maximum atomic E-state index is 10.9. The Morgan fingerprint density at radius 3 is 2.62 bits per heavy atom. The first kappa shape index (κ1) is 23.4. The molecule has 4 heteroatoms. The molecular weight excluding hydrogens is 364 g/mol. The van der Waals surface area contributed by atoms with E-state index in [4.69, 9.17) is 14.9 Å². The fourth-order valence-electron chi connectivity index (χ4n) is 4.40. The lowest BCUT2D eigenvalue weighted by molar-refractivity contribution is -0.418. The first-order valence-electron chi connectivity index (χ1n) is 10.6. The Balaban J connectivity index is 1.85. The van der Waals surface area contributed by atoms with Crippen molar-refractivity contribution in [3.05, 3.63) is 59.2 Å². The Morgan fingerprint density at radius 2 is 2.00 bits per heavy atom. The standard InChI is InChI=1S/C25H36O4/c1-18(11-12-22-9-7-6-8-10-22)13-19(2)14-20(3)16-25(5)17-21(4)23(28-29-25)15-24(26)27/h6-11,13,20-21,23H,12,14-17H2,1-5H3,(H,26,27). The summed E-state index contributed by atoms with van der Waals surface area (Å²) in [6, 6.07) is 10.5. The first-order valence-corrected chi connectivity index (χ1v) is 10.6. The Bertz CT molecular complexity index is 722. The zero-order chi connectivity index (χ0) is 21.4. The molecule has 1 N–H and O–H groups in total. The van der Waals surface area contributed by atoms with E-state index in [-0.39, 0.29) is 24.0 Å². The van der Waals surface area contributed by atoms with Crippen LogP contribution in [0.4, 0.5) is 0 Å². The number of allylic oxidation sites excluding steroid dienone is 4. The van der Waals surface area contributed by atoms with Crippen LogP contribution >= 0.6 is 0 Å². The maximum Gasteiger partial charge on any atom is 0.306 e. The third kappa shape index (κ3) is 8.15. The zero-order valence-electron chi connectivity index (χ0n) is 18.5. The molecule has 0 aliphatic carbocycles. The lowest BCUT2D eigenvalue weighted by atomic mass is 9.80. The molecular formula is C25H36O4. The summed E-state index contributed by atoms with van der Waals surface area (Å²) in [5.74, 6) is -0.235. The van der Waals surface area contributed by atoms with Gasteiger partial charge in [0.15, 0.2) is 0 Å². The van der Waals surface area contributed by atoms with Crippen molar-refractivity contribution in [2.45, 2.75) is 78.4 Å². The van der Waals surface area contributed by atoms with E-state index < -0.39 is 5.97 Å². The summed E-state index contributed by atoms with van der Waals surface area (Å²) in [7, 11) is 0. The van der Waals surface area contributed by atoms with E-state index in [1.54, 1.807) is 0 Å². The molecule has 0 spiro atoms. The number of aliphatic carboxylic acids is 1. The van der Waals surface area contributed by atoms with E-state index in [9.17, 15) is 4.79 Å². The van der Waals surface area contributed by atoms with Gasteiger partial charge >= 0.3 is 5.97 Å². The van der Waals surface area contributed by atoms with Crippen LogP contribution in [0.5, 0.6) is 0 Å². The predicted molar refractivity (Wildman–Crippen MR) is 116 cm³/mol. The number of benzene rings is 1. The minimum Gasteiger partial charge on any atom is -0.481 e. The van der Waals surface area contributed by atoms with Gasteiger partial charge in [0.1, 0.15) is 11.7 Å². The summed E-state index contributed by atoms with van der Waals surface area (Å²) in [5, 5.41) is 8.99. The van der Waals surface area contributed by atoms with Gasteiger partial charge in [-0.05, 0) is 63.9 Å². The Morgan fingerprint density at radius 1 is 1.31 bits per heavy atom. The van der Waals surface area contributed by atoms with Crippen LogP contribution in [0.25, 0.3) is 0 Å². The number of carbonyl (C=O) groups is 1. The number of carboxylic acid groups (broad SMARTS) is 1. The monoisotopic (exact) mass is 400 g/mol. The van der Waals surface area contributed by atoms with Crippen molar-refractivity contribution >= 4 is 5.97 Å². The number of rotatable bonds is 9. The average Bonchev–Trinajstić information content (AvgIpc) is 2.62. The van der Waals surface area contributed by atoms with Crippen LogP contribution in [0.2, 0.25) is 0 Å². The van der Waals surface area contributed by atoms with Crippen LogP contribution in [-0.2, 0) is 21.0 Å². The highest BCUT2D eigenvalue weighted by Gasteiger charge is 2.40. The van der Waals surface area contributed by atoms with E-state index in [1.165, 1.54) is 16.7 Å². The average molecular weight is 401 g/mol. The summed E-state index contributed by atoms with van der Waals surface area (Å²) in [6.45, 7) is 10.7. The molecule has 0 amide bonds. The molecule has 1 aromatic rings. The maximum absolute atomic E-state index is 10.9. The lowest BCUT2D eigenvalue weighted by Crippen LogP contribution is -2.44. The van der Waals surface area contributed by atoms with Crippen molar-refractivity contribution in [3.8, 4) is 0 Å². The number of hydrogen-bond donors (Lipinski definition) is 1. The number of carboxylic acids is 1. The Kier molecular flexibility index (Phi) is 8.66. The van der Waals surface area contributed by atoms with Gasteiger partial charge in [-0.15, -0.1) is 0 Å². The molecule has 29 heavy (non-hydrogen) atoms. The van der Waals surface area contributed by atoms with Gasteiger partial charge in [-0.1, -0.05) is 67.5 Å². The Labute approximate surface area is 175 Å². The summed E-state index contributed by atoms with van der Waals surface area (Å²) >= 11 is 0. The summed E-state index contributed by atoms with van der Waals surface area (Å²) in [5.41, 5.74) is 3.60. The fourth-order valence-corrected chi connectivity index (χ4v) is 4.40. The van der Waals surface area contributed by atoms with Gasteiger partial charge < -0.3 is 5.11 Å². The molecule has 4 atom stereocenters. The van der Waals surface area contributed by atoms with Gasteiger partial charge in [0, 0.05) is 0 Å². The van der Waals surface area contributed by atoms with Crippen molar-refractivity contribution in [3.63, 3.8) is 0 Å². The SMILES string of the molecule is CC(=CCc1ccccc1)C=C(C)CC(C)CC1(C)CC(C)C(CC(=O)O)OO1. The third-order valence-corrected chi connectivity index (χ3v) is 5.56. The van der Waals surface area contributed by atoms with Crippen molar-refractivity contribution in [2.24, 2.45) is 11.8 Å². The molecule has 1 heterocycles. The Hall–Kier alpha value is -1.91. The van der Waals surface area contributed by atoms with Crippen molar-refractivity contribution in [1.29, 1.82) is 0 Å². The van der Waals surface area contributed by atoms with E-state index >= 15 is 0 Å². The minimum absolute atomic E-state index is 0.0107. The number of hydrogen-bond acceptors (Lipinski definition) is 3.